The van der Waals surface area contributed by atoms with E-state index in [9.17, 15) is 9.59 Å². The second-order valence-corrected chi connectivity index (χ2v) is 6.10. The van der Waals surface area contributed by atoms with Crippen molar-refractivity contribution in [2.75, 3.05) is 13.1 Å². The third-order valence-electron chi connectivity index (χ3n) is 3.74. The summed E-state index contributed by atoms with van der Waals surface area (Å²) in [4.78, 5) is 23.7. The molecule has 0 rings (SSSR count). The molecule has 0 aliphatic heterocycles. The van der Waals surface area contributed by atoms with Crippen molar-refractivity contribution in [3.05, 3.63) is 0 Å². The van der Waals surface area contributed by atoms with Crippen molar-refractivity contribution in [2.45, 2.75) is 90.3 Å². The summed E-state index contributed by atoms with van der Waals surface area (Å²) >= 11 is 0. The quantitative estimate of drug-likeness (QED) is 0.224. The molecule has 158 valence electrons. The monoisotopic (exact) mass is 416 g/mol. The maximum absolute atomic E-state index is 11.9. The van der Waals surface area contributed by atoms with Gasteiger partial charge in [0, 0.05) is 19.3 Å². The van der Waals surface area contributed by atoms with Crippen LogP contribution < -0.4 is 11.5 Å². The van der Waals surface area contributed by atoms with E-state index in [0.717, 1.165) is 57.8 Å². The first-order valence-electron chi connectivity index (χ1n) is 9.43. The van der Waals surface area contributed by atoms with E-state index >= 15 is 0 Å². The van der Waals surface area contributed by atoms with E-state index in [2.05, 4.69) is 6.92 Å². The number of carbonyl (C=O) groups is 2. The van der Waals surface area contributed by atoms with Crippen molar-refractivity contribution in [3.8, 4) is 0 Å². The average Bonchev–Trinajstić information content (AvgIpc) is 2.56. The minimum atomic E-state index is -0.749. The molecule has 0 saturated carbocycles. The zero-order valence-electron chi connectivity index (χ0n) is 16.1. The van der Waals surface area contributed by atoms with E-state index in [1.807, 2.05) is 0 Å². The van der Waals surface area contributed by atoms with E-state index in [1.165, 1.54) is 0 Å². The second-order valence-electron chi connectivity index (χ2n) is 6.10. The summed E-state index contributed by atoms with van der Waals surface area (Å²) in [5.41, 5.74) is 10.9. The maximum Gasteiger partial charge on any atom is 0.308 e. The zero-order valence-corrected chi connectivity index (χ0v) is 17.7. The number of carbonyl (C=O) groups excluding carboxylic acids is 2. The summed E-state index contributed by atoms with van der Waals surface area (Å²) in [5.74, 6) is -0.603. The molecule has 0 unspecified atom stereocenters. The molecule has 0 aromatic rings. The predicted octanol–water partition coefficient (Wildman–Crippen LogP) is 3.86. The van der Waals surface area contributed by atoms with E-state index in [1.54, 1.807) is 0 Å². The van der Waals surface area contributed by atoms with Gasteiger partial charge in [-0.15, -0.1) is 24.8 Å². The molecule has 0 heterocycles. The van der Waals surface area contributed by atoms with Crippen LogP contribution >= 0.6 is 24.8 Å². The van der Waals surface area contributed by atoms with Crippen molar-refractivity contribution >= 4 is 36.8 Å². The lowest BCUT2D eigenvalue weighted by molar-refractivity contribution is -0.189. The molecule has 4 N–H and O–H groups in total. The van der Waals surface area contributed by atoms with Crippen LogP contribution in [0, 0.1) is 0 Å². The van der Waals surface area contributed by atoms with E-state index in [0.29, 0.717) is 32.4 Å². The second kappa shape index (κ2) is 22.5. The van der Waals surface area contributed by atoms with Crippen LogP contribution in [0.2, 0.25) is 0 Å². The Labute approximate surface area is 170 Å². The first-order chi connectivity index (χ1) is 11.6. The van der Waals surface area contributed by atoms with Crippen LogP contribution in [0.25, 0.3) is 0 Å². The minimum absolute atomic E-state index is 0. The van der Waals surface area contributed by atoms with Gasteiger partial charge < -0.3 is 20.9 Å². The summed E-state index contributed by atoms with van der Waals surface area (Å²) in [6.07, 6.45) is 8.62. The third-order valence-corrected chi connectivity index (χ3v) is 3.74. The van der Waals surface area contributed by atoms with Gasteiger partial charge in [-0.1, -0.05) is 32.6 Å². The van der Waals surface area contributed by atoms with Crippen molar-refractivity contribution in [2.24, 2.45) is 11.5 Å². The summed E-state index contributed by atoms with van der Waals surface area (Å²) in [7, 11) is 0. The van der Waals surface area contributed by atoms with E-state index in [4.69, 9.17) is 20.9 Å². The molecule has 0 aliphatic carbocycles. The minimum Gasteiger partial charge on any atom is -0.425 e. The van der Waals surface area contributed by atoms with Crippen LogP contribution in [0.3, 0.4) is 0 Å². The molecule has 0 fully saturated rings. The van der Waals surface area contributed by atoms with Gasteiger partial charge in [0.25, 0.3) is 0 Å². The van der Waals surface area contributed by atoms with Gasteiger partial charge in [0.1, 0.15) is 0 Å². The Kier molecular flexibility index (Phi) is 26.1. The Morgan fingerprint density at radius 2 is 1.19 bits per heavy atom. The van der Waals surface area contributed by atoms with Gasteiger partial charge in [-0.05, 0) is 45.2 Å². The van der Waals surface area contributed by atoms with E-state index < -0.39 is 6.29 Å². The van der Waals surface area contributed by atoms with Crippen LogP contribution in [0.4, 0.5) is 0 Å². The van der Waals surface area contributed by atoms with Crippen molar-refractivity contribution < 1.29 is 19.1 Å². The fourth-order valence-electron chi connectivity index (χ4n) is 2.29. The number of hydrogen-bond donors (Lipinski definition) is 2. The number of unbranched alkanes of at least 4 members (excludes halogenated alkanes) is 6. The summed E-state index contributed by atoms with van der Waals surface area (Å²) in [5, 5.41) is 0. The predicted molar refractivity (Wildman–Crippen MR) is 110 cm³/mol. The molecule has 0 atom stereocenters. The lowest BCUT2D eigenvalue weighted by atomic mass is 10.2. The van der Waals surface area contributed by atoms with Crippen LogP contribution in [-0.2, 0) is 19.1 Å². The molecule has 8 heteroatoms. The van der Waals surface area contributed by atoms with Crippen molar-refractivity contribution in [1.29, 1.82) is 0 Å². The smallest absolute Gasteiger partial charge is 0.308 e. The van der Waals surface area contributed by atoms with Crippen LogP contribution in [0.1, 0.15) is 84.0 Å². The molecule has 0 saturated heterocycles. The van der Waals surface area contributed by atoms with Gasteiger partial charge in [-0.2, -0.15) is 0 Å². The zero-order chi connectivity index (χ0) is 18.0. The highest BCUT2D eigenvalue weighted by atomic mass is 35.5. The molecule has 0 amide bonds. The number of hydrogen-bond acceptors (Lipinski definition) is 6. The maximum atomic E-state index is 11.9. The largest absolute Gasteiger partial charge is 0.425 e. The molecule has 0 aliphatic rings. The van der Waals surface area contributed by atoms with Crippen molar-refractivity contribution in [3.63, 3.8) is 0 Å². The number of nitrogens with two attached hydrogens (primary N) is 2. The highest BCUT2D eigenvalue weighted by Crippen LogP contribution is 2.13. The molecule has 0 aromatic heterocycles. The summed E-state index contributed by atoms with van der Waals surface area (Å²) in [6.45, 7) is 3.37. The third kappa shape index (κ3) is 19.8. The van der Waals surface area contributed by atoms with Crippen LogP contribution in [-0.4, -0.2) is 31.3 Å². The molecular formula is C18H38Cl2N2O4. The van der Waals surface area contributed by atoms with Gasteiger partial charge in [-0.25, -0.2) is 0 Å². The van der Waals surface area contributed by atoms with Crippen molar-refractivity contribution in [1.82, 2.24) is 0 Å². The molecule has 0 radical (unpaired) electrons. The van der Waals surface area contributed by atoms with Gasteiger partial charge in [0.15, 0.2) is 0 Å². The van der Waals surface area contributed by atoms with Gasteiger partial charge in [-0.3, -0.25) is 9.59 Å². The Morgan fingerprint density at radius 3 is 1.58 bits per heavy atom. The molecule has 0 spiro atoms. The normalized spacial score (nSPS) is 10.0. The number of esters is 2. The van der Waals surface area contributed by atoms with E-state index in [-0.39, 0.29) is 36.8 Å². The number of ether oxygens (including phenoxy) is 2. The standard InChI is InChI=1S/C18H36N2O4.2ClH/c1-2-3-6-13-18(23-16(21)11-7-4-9-14-19)24-17(22)12-8-5-10-15-20;;/h18H,2-15,19-20H2,1H3;2*1H. The number of rotatable bonds is 16. The molecule has 0 aromatic carbocycles. The van der Waals surface area contributed by atoms with Gasteiger partial charge >= 0.3 is 11.9 Å². The Bertz CT molecular complexity index is 308. The summed E-state index contributed by atoms with van der Waals surface area (Å²) in [6, 6.07) is 0. The topological polar surface area (TPSA) is 105 Å². The Morgan fingerprint density at radius 1 is 0.731 bits per heavy atom. The molecular weight excluding hydrogens is 379 g/mol. The Balaban J connectivity index is -0.00000264. The molecule has 6 nitrogen and oxygen atoms in total. The fraction of sp³-hybridized carbons (Fsp3) is 0.889. The van der Waals surface area contributed by atoms with Gasteiger partial charge in [0.2, 0.25) is 6.29 Å². The Hall–Kier alpha value is -0.560. The lowest BCUT2D eigenvalue weighted by Crippen LogP contribution is -2.24. The highest BCUT2D eigenvalue weighted by molar-refractivity contribution is 5.85. The highest BCUT2D eigenvalue weighted by Gasteiger charge is 2.18. The lowest BCUT2D eigenvalue weighted by Gasteiger charge is -2.18. The van der Waals surface area contributed by atoms with Crippen LogP contribution in [0.15, 0.2) is 0 Å². The SMILES string of the molecule is CCCCCC(OC(=O)CCCCCN)OC(=O)CCCCCN.Cl.Cl. The molecule has 26 heavy (non-hydrogen) atoms. The van der Waals surface area contributed by atoms with Gasteiger partial charge in [0.05, 0.1) is 0 Å². The average molecular weight is 417 g/mol. The fourth-order valence-corrected chi connectivity index (χ4v) is 2.29. The first kappa shape index (κ1) is 30.2. The van der Waals surface area contributed by atoms with Crippen LogP contribution in [0.5, 0.6) is 0 Å². The first-order valence-corrected chi connectivity index (χ1v) is 9.43. The summed E-state index contributed by atoms with van der Waals surface area (Å²) < 4.78 is 10.7. The number of halogens is 2. The molecule has 0 bridgehead atoms.